The number of sulfonamides is 1. The van der Waals surface area contributed by atoms with Crippen LogP contribution < -0.4 is 15.8 Å². The van der Waals surface area contributed by atoms with Crippen LogP contribution in [0.15, 0.2) is 47.4 Å². The summed E-state index contributed by atoms with van der Waals surface area (Å²) in [5, 5.41) is 2.82. The van der Waals surface area contributed by atoms with Gasteiger partial charge in [-0.15, -0.1) is 12.4 Å². The minimum atomic E-state index is -3.69. The maximum atomic E-state index is 12.6. The second-order valence-electron chi connectivity index (χ2n) is 7.16. The van der Waals surface area contributed by atoms with E-state index in [0.29, 0.717) is 29.3 Å². The molecular formula is C20H26ClN3O3S. The molecule has 0 heterocycles. The Bertz CT molecular complexity index is 942. The average Bonchev–Trinajstić information content (AvgIpc) is 3.47. The SMILES string of the molecule is Cc1ccc(C)c(S(=O)(=O)Nc2ccc(C(=O)NCC(N)C3CC3)cc2)c1.Cl. The monoisotopic (exact) mass is 423 g/mol. The van der Waals surface area contributed by atoms with Gasteiger partial charge < -0.3 is 11.1 Å². The van der Waals surface area contributed by atoms with Crippen LogP contribution in [-0.2, 0) is 10.0 Å². The van der Waals surface area contributed by atoms with Gasteiger partial charge in [0, 0.05) is 23.8 Å². The van der Waals surface area contributed by atoms with Crippen molar-refractivity contribution in [3.05, 3.63) is 59.2 Å². The number of benzene rings is 2. The lowest BCUT2D eigenvalue weighted by Crippen LogP contribution is -2.38. The number of amides is 1. The summed E-state index contributed by atoms with van der Waals surface area (Å²) in [6.45, 7) is 4.05. The summed E-state index contributed by atoms with van der Waals surface area (Å²) in [4.78, 5) is 12.4. The lowest BCUT2D eigenvalue weighted by atomic mass is 10.1. The van der Waals surface area contributed by atoms with E-state index in [4.69, 9.17) is 5.73 Å². The minimum absolute atomic E-state index is 0. The molecule has 2 aromatic rings. The summed E-state index contributed by atoms with van der Waals surface area (Å²) in [5.74, 6) is 0.308. The van der Waals surface area contributed by atoms with Gasteiger partial charge in [-0.05, 0) is 74.1 Å². The molecule has 1 fully saturated rings. The van der Waals surface area contributed by atoms with Crippen molar-refractivity contribution in [1.29, 1.82) is 0 Å². The van der Waals surface area contributed by atoms with Crippen LogP contribution in [0.2, 0.25) is 0 Å². The topological polar surface area (TPSA) is 101 Å². The van der Waals surface area contributed by atoms with Crippen LogP contribution in [0.3, 0.4) is 0 Å². The van der Waals surface area contributed by atoms with E-state index in [1.165, 1.54) is 0 Å². The van der Waals surface area contributed by atoms with Crippen molar-refractivity contribution in [3.63, 3.8) is 0 Å². The molecule has 2 aromatic carbocycles. The summed E-state index contributed by atoms with van der Waals surface area (Å²) in [6, 6.07) is 11.6. The molecule has 0 aliphatic heterocycles. The third-order valence-electron chi connectivity index (χ3n) is 4.76. The maximum absolute atomic E-state index is 12.6. The van der Waals surface area contributed by atoms with Gasteiger partial charge in [-0.25, -0.2) is 8.42 Å². The summed E-state index contributed by atoms with van der Waals surface area (Å²) < 4.78 is 27.8. The molecule has 8 heteroatoms. The first-order valence-electron chi connectivity index (χ1n) is 9.00. The molecule has 0 aromatic heterocycles. The first kappa shape index (κ1) is 22.2. The van der Waals surface area contributed by atoms with Gasteiger partial charge in [-0.1, -0.05) is 12.1 Å². The molecule has 1 saturated carbocycles. The van der Waals surface area contributed by atoms with Crippen LogP contribution >= 0.6 is 12.4 Å². The van der Waals surface area contributed by atoms with E-state index in [-0.39, 0.29) is 29.3 Å². The van der Waals surface area contributed by atoms with Crippen molar-refractivity contribution < 1.29 is 13.2 Å². The normalized spacial score (nSPS) is 14.7. The van der Waals surface area contributed by atoms with Crippen LogP contribution in [0.1, 0.15) is 34.3 Å². The van der Waals surface area contributed by atoms with Crippen molar-refractivity contribution in [1.82, 2.24) is 5.32 Å². The van der Waals surface area contributed by atoms with Gasteiger partial charge in [0.2, 0.25) is 0 Å². The highest BCUT2D eigenvalue weighted by Crippen LogP contribution is 2.31. The number of anilines is 1. The third kappa shape index (κ3) is 5.47. The van der Waals surface area contributed by atoms with E-state index >= 15 is 0 Å². The van der Waals surface area contributed by atoms with Gasteiger partial charge in [0.05, 0.1) is 4.90 Å². The number of halogens is 1. The van der Waals surface area contributed by atoms with Crippen LogP contribution in [0.5, 0.6) is 0 Å². The van der Waals surface area contributed by atoms with E-state index in [1.54, 1.807) is 43.3 Å². The third-order valence-corrected chi connectivity index (χ3v) is 6.28. The Morgan fingerprint density at radius 1 is 1.14 bits per heavy atom. The zero-order valence-corrected chi connectivity index (χ0v) is 17.6. The molecule has 28 heavy (non-hydrogen) atoms. The Kier molecular flexibility index (Phi) is 7.09. The molecule has 4 N–H and O–H groups in total. The van der Waals surface area contributed by atoms with E-state index in [2.05, 4.69) is 10.0 Å². The Morgan fingerprint density at radius 3 is 2.39 bits per heavy atom. The summed E-state index contributed by atoms with van der Waals surface area (Å²) >= 11 is 0. The van der Waals surface area contributed by atoms with Crippen molar-refractivity contribution >= 4 is 34.0 Å². The van der Waals surface area contributed by atoms with E-state index in [0.717, 1.165) is 18.4 Å². The Balaban J connectivity index is 0.00000280. The van der Waals surface area contributed by atoms with Gasteiger partial charge in [0.1, 0.15) is 0 Å². The van der Waals surface area contributed by atoms with Crippen molar-refractivity contribution in [2.75, 3.05) is 11.3 Å². The second-order valence-corrected chi connectivity index (χ2v) is 8.81. The predicted molar refractivity (Wildman–Crippen MR) is 113 cm³/mol. The molecule has 6 nitrogen and oxygen atoms in total. The Morgan fingerprint density at radius 2 is 1.79 bits per heavy atom. The van der Waals surface area contributed by atoms with Crippen LogP contribution in [0.4, 0.5) is 5.69 Å². The molecule has 0 saturated heterocycles. The van der Waals surface area contributed by atoms with Gasteiger partial charge in [0.15, 0.2) is 0 Å². The number of rotatable bonds is 7. The average molecular weight is 424 g/mol. The fraction of sp³-hybridized carbons (Fsp3) is 0.350. The molecule has 1 aliphatic carbocycles. The largest absolute Gasteiger partial charge is 0.350 e. The number of hydrogen-bond donors (Lipinski definition) is 3. The lowest BCUT2D eigenvalue weighted by Gasteiger charge is -2.13. The molecule has 3 rings (SSSR count). The highest BCUT2D eigenvalue weighted by atomic mass is 35.5. The maximum Gasteiger partial charge on any atom is 0.262 e. The number of aryl methyl sites for hydroxylation is 2. The minimum Gasteiger partial charge on any atom is -0.350 e. The molecule has 1 unspecified atom stereocenters. The first-order valence-corrected chi connectivity index (χ1v) is 10.5. The zero-order valence-electron chi connectivity index (χ0n) is 15.9. The lowest BCUT2D eigenvalue weighted by molar-refractivity contribution is 0.0950. The smallest absolute Gasteiger partial charge is 0.262 e. The van der Waals surface area contributed by atoms with E-state index < -0.39 is 10.0 Å². The molecule has 152 valence electrons. The quantitative estimate of drug-likeness (QED) is 0.637. The van der Waals surface area contributed by atoms with Gasteiger partial charge in [0.25, 0.3) is 15.9 Å². The summed E-state index contributed by atoms with van der Waals surface area (Å²) in [6.07, 6.45) is 2.26. The predicted octanol–water partition coefficient (Wildman–Crippen LogP) is 2.99. The van der Waals surface area contributed by atoms with E-state index in [9.17, 15) is 13.2 Å². The van der Waals surface area contributed by atoms with Crippen molar-refractivity contribution in [2.24, 2.45) is 11.7 Å². The molecule has 1 aliphatic rings. The molecule has 0 bridgehead atoms. The van der Waals surface area contributed by atoms with Crippen molar-refractivity contribution in [3.8, 4) is 0 Å². The van der Waals surface area contributed by atoms with Crippen LogP contribution in [-0.4, -0.2) is 26.9 Å². The van der Waals surface area contributed by atoms with Gasteiger partial charge >= 0.3 is 0 Å². The number of nitrogens with one attached hydrogen (secondary N) is 2. The number of nitrogens with two attached hydrogens (primary N) is 1. The highest BCUT2D eigenvalue weighted by molar-refractivity contribution is 7.92. The molecule has 1 atom stereocenters. The fourth-order valence-electron chi connectivity index (χ4n) is 2.90. The van der Waals surface area contributed by atoms with Gasteiger partial charge in [-0.2, -0.15) is 0 Å². The molecule has 1 amide bonds. The summed E-state index contributed by atoms with van der Waals surface area (Å²) in [5.41, 5.74) is 8.41. The van der Waals surface area contributed by atoms with E-state index in [1.807, 2.05) is 13.0 Å². The highest BCUT2D eigenvalue weighted by Gasteiger charge is 2.28. The second kappa shape index (κ2) is 8.94. The van der Waals surface area contributed by atoms with Crippen LogP contribution in [0.25, 0.3) is 0 Å². The molecule has 0 spiro atoms. The zero-order chi connectivity index (χ0) is 19.6. The number of carbonyl (C=O) groups is 1. The number of hydrogen-bond acceptors (Lipinski definition) is 4. The van der Waals surface area contributed by atoms with Crippen LogP contribution in [0, 0.1) is 19.8 Å². The summed E-state index contributed by atoms with van der Waals surface area (Å²) in [7, 11) is -3.69. The molecular weight excluding hydrogens is 398 g/mol. The Labute approximate surface area is 172 Å². The molecule has 0 radical (unpaired) electrons. The standard InChI is InChI=1S/C20H25N3O3S.ClH/c1-13-3-4-14(2)19(11-13)27(25,26)23-17-9-7-16(8-10-17)20(24)22-12-18(21)15-5-6-15;/h3-4,7-11,15,18,23H,5-6,12,21H2,1-2H3,(H,22,24);1H. The fourth-order valence-corrected chi connectivity index (χ4v) is 4.29. The van der Waals surface area contributed by atoms with Crippen molar-refractivity contribution in [2.45, 2.75) is 37.6 Å². The Hall–Kier alpha value is -2.09. The number of carbonyl (C=O) groups excluding carboxylic acids is 1. The first-order chi connectivity index (χ1) is 12.8. The van der Waals surface area contributed by atoms with Gasteiger partial charge in [-0.3, -0.25) is 9.52 Å².